The summed E-state index contributed by atoms with van der Waals surface area (Å²) in [6.45, 7) is 3.88. The van der Waals surface area contributed by atoms with Gasteiger partial charge in [-0.1, -0.05) is 24.3 Å². The number of halogens is 1. The highest BCUT2D eigenvalue weighted by Crippen LogP contribution is 2.41. The molecule has 4 aromatic rings. The summed E-state index contributed by atoms with van der Waals surface area (Å²) in [5, 5.41) is 7.22. The van der Waals surface area contributed by atoms with E-state index >= 15 is 4.39 Å². The van der Waals surface area contributed by atoms with Crippen molar-refractivity contribution in [3.8, 4) is 11.3 Å². The summed E-state index contributed by atoms with van der Waals surface area (Å²) in [6, 6.07) is 17.0. The molecule has 1 saturated carbocycles. The maximum absolute atomic E-state index is 15.5. The predicted octanol–water partition coefficient (Wildman–Crippen LogP) is 5.11. The van der Waals surface area contributed by atoms with Crippen molar-refractivity contribution in [1.82, 2.24) is 24.8 Å². The Morgan fingerprint density at radius 1 is 1.05 bits per heavy atom. The van der Waals surface area contributed by atoms with Gasteiger partial charge in [-0.25, -0.2) is 18.7 Å². The van der Waals surface area contributed by atoms with Gasteiger partial charge in [0.2, 0.25) is 0 Å². The van der Waals surface area contributed by atoms with Crippen LogP contribution < -0.4 is 10.2 Å². The maximum atomic E-state index is 15.5. The lowest BCUT2D eigenvalue weighted by Crippen LogP contribution is -2.39. The molecule has 1 unspecified atom stereocenters. The van der Waals surface area contributed by atoms with Crippen LogP contribution in [0, 0.1) is 5.82 Å². The zero-order valence-corrected chi connectivity index (χ0v) is 23.7. The van der Waals surface area contributed by atoms with E-state index in [0.29, 0.717) is 54.6 Å². The van der Waals surface area contributed by atoms with Gasteiger partial charge in [-0.05, 0) is 61.6 Å². The van der Waals surface area contributed by atoms with Crippen LogP contribution in [0.5, 0.6) is 0 Å². The van der Waals surface area contributed by atoms with Crippen molar-refractivity contribution >= 4 is 23.3 Å². The van der Waals surface area contributed by atoms with Gasteiger partial charge in [-0.15, -0.1) is 0 Å². The number of alkyl carbamates (subject to hydrolysis) is 1. The summed E-state index contributed by atoms with van der Waals surface area (Å²) >= 11 is 0. The lowest BCUT2D eigenvalue weighted by Gasteiger charge is -2.35. The Balaban J connectivity index is 1.17. The molecule has 216 valence electrons. The molecule has 0 radical (unpaired) electrons. The number of nitrogens with one attached hydrogen (secondary N) is 1. The number of benzene rings is 2. The van der Waals surface area contributed by atoms with Crippen LogP contribution in [0.2, 0.25) is 0 Å². The molecule has 1 saturated heterocycles. The average molecular weight is 569 g/mol. The predicted molar refractivity (Wildman–Crippen MR) is 156 cm³/mol. The van der Waals surface area contributed by atoms with Crippen molar-refractivity contribution in [2.75, 3.05) is 31.6 Å². The van der Waals surface area contributed by atoms with E-state index in [1.165, 1.54) is 24.2 Å². The molecule has 42 heavy (non-hydrogen) atoms. The second-order valence-electron chi connectivity index (χ2n) is 11.4. The number of rotatable bonds is 5. The molecule has 3 aliphatic rings. The van der Waals surface area contributed by atoms with Crippen molar-refractivity contribution in [2.45, 2.75) is 50.7 Å². The number of ether oxygens (including phenoxy) is 1. The standard InChI is InChI=1S/C32H33FN6O3/c1-19-24-6-4-3-5-20(24)11-14-38(19)31(40)28-16-29(21-7-8-21)39-30(35-28)17-27(36-39)25-10-9-22(15-26(25)33)37-13-12-23(18-37)42-32(41)34-2/h3-6,9-10,15-17,19,21,23H,7-8,11-14,18H2,1-2H3,(H,34,41)/t19-,23?/m1/s1. The monoisotopic (exact) mass is 568 g/mol. The number of amides is 2. The van der Waals surface area contributed by atoms with Gasteiger partial charge in [0.25, 0.3) is 5.91 Å². The molecule has 4 heterocycles. The fourth-order valence-electron chi connectivity index (χ4n) is 6.28. The first-order valence-corrected chi connectivity index (χ1v) is 14.6. The Bertz CT molecular complexity index is 1700. The van der Waals surface area contributed by atoms with Gasteiger partial charge >= 0.3 is 6.09 Å². The van der Waals surface area contributed by atoms with Gasteiger partial charge in [0, 0.05) is 55.5 Å². The maximum Gasteiger partial charge on any atom is 0.407 e. The number of nitrogens with zero attached hydrogens (tertiary/aromatic N) is 5. The van der Waals surface area contributed by atoms with Crippen molar-refractivity contribution in [1.29, 1.82) is 0 Å². The number of carbonyl (C=O) groups is 2. The Morgan fingerprint density at radius 3 is 2.67 bits per heavy atom. The molecule has 2 aromatic carbocycles. The normalized spacial score (nSPS) is 20.1. The van der Waals surface area contributed by atoms with Crippen LogP contribution in [0.15, 0.2) is 54.6 Å². The van der Waals surface area contributed by atoms with E-state index in [4.69, 9.17) is 14.8 Å². The Kier molecular flexibility index (Phi) is 6.56. The van der Waals surface area contributed by atoms with Crippen LogP contribution in [0.3, 0.4) is 0 Å². The highest BCUT2D eigenvalue weighted by Gasteiger charge is 2.33. The third kappa shape index (κ3) is 4.74. The van der Waals surface area contributed by atoms with Crippen LogP contribution in [-0.4, -0.2) is 64.3 Å². The molecule has 2 fully saturated rings. The third-order valence-corrected chi connectivity index (χ3v) is 8.74. The molecule has 1 N–H and O–H groups in total. The van der Waals surface area contributed by atoms with Crippen molar-refractivity contribution < 1.29 is 18.7 Å². The molecular formula is C32H33FN6O3. The lowest BCUT2D eigenvalue weighted by atomic mass is 9.93. The molecular weight excluding hydrogens is 535 g/mol. The van der Waals surface area contributed by atoms with E-state index in [-0.39, 0.29) is 18.1 Å². The molecule has 10 heteroatoms. The molecule has 0 bridgehead atoms. The van der Waals surface area contributed by atoms with Crippen LogP contribution in [0.1, 0.15) is 65.5 Å². The van der Waals surface area contributed by atoms with Gasteiger partial charge in [-0.3, -0.25) is 4.79 Å². The lowest BCUT2D eigenvalue weighted by molar-refractivity contribution is 0.0671. The van der Waals surface area contributed by atoms with E-state index in [0.717, 1.165) is 30.6 Å². The first-order chi connectivity index (χ1) is 20.4. The summed E-state index contributed by atoms with van der Waals surface area (Å²) < 4.78 is 22.6. The van der Waals surface area contributed by atoms with E-state index in [1.807, 2.05) is 34.1 Å². The van der Waals surface area contributed by atoms with Crippen molar-refractivity contribution in [2.24, 2.45) is 0 Å². The Hall–Kier alpha value is -4.47. The Morgan fingerprint density at radius 2 is 1.88 bits per heavy atom. The average Bonchev–Trinajstić information content (AvgIpc) is 3.59. The van der Waals surface area contributed by atoms with E-state index < -0.39 is 11.9 Å². The zero-order chi connectivity index (χ0) is 29.0. The van der Waals surface area contributed by atoms with E-state index in [2.05, 4.69) is 24.4 Å². The summed E-state index contributed by atoms with van der Waals surface area (Å²) in [5.74, 6) is -0.178. The van der Waals surface area contributed by atoms with Crippen LogP contribution in [0.25, 0.3) is 16.9 Å². The third-order valence-electron chi connectivity index (χ3n) is 8.74. The largest absolute Gasteiger partial charge is 0.444 e. The van der Waals surface area contributed by atoms with Crippen molar-refractivity contribution in [3.63, 3.8) is 0 Å². The SMILES string of the molecule is CNC(=O)OC1CCN(c2ccc(-c3cc4nc(C(=O)N5CCc6ccccc6[C@H]5C)cc(C5CC5)n4n3)c(F)c2)C1. The molecule has 2 atom stereocenters. The Labute approximate surface area is 243 Å². The zero-order valence-electron chi connectivity index (χ0n) is 23.7. The highest BCUT2D eigenvalue weighted by atomic mass is 19.1. The molecule has 2 aromatic heterocycles. The summed E-state index contributed by atoms with van der Waals surface area (Å²) in [5.41, 5.74) is 5.92. The van der Waals surface area contributed by atoms with Gasteiger partial charge in [0.05, 0.1) is 18.3 Å². The molecule has 9 nitrogen and oxygen atoms in total. The van der Waals surface area contributed by atoms with E-state index in [1.54, 1.807) is 16.6 Å². The molecule has 7 rings (SSSR count). The fourth-order valence-corrected chi connectivity index (χ4v) is 6.28. The smallest absolute Gasteiger partial charge is 0.407 e. The molecule has 1 aliphatic carbocycles. The van der Waals surface area contributed by atoms with Gasteiger partial charge < -0.3 is 19.9 Å². The van der Waals surface area contributed by atoms with E-state index in [9.17, 15) is 9.59 Å². The van der Waals surface area contributed by atoms with Gasteiger partial charge in [-0.2, -0.15) is 5.10 Å². The minimum absolute atomic E-state index is 0.0424. The highest BCUT2D eigenvalue weighted by molar-refractivity contribution is 5.93. The number of fused-ring (bicyclic) bond motifs is 2. The first-order valence-electron chi connectivity index (χ1n) is 14.6. The summed E-state index contributed by atoms with van der Waals surface area (Å²) in [4.78, 5) is 34.0. The number of anilines is 1. The quantitative estimate of drug-likeness (QED) is 0.360. The van der Waals surface area contributed by atoms with Crippen LogP contribution in [-0.2, 0) is 11.2 Å². The molecule has 2 aliphatic heterocycles. The first kappa shape index (κ1) is 26.4. The number of aromatic nitrogens is 3. The number of hydrogen-bond donors (Lipinski definition) is 1. The number of hydrogen-bond acceptors (Lipinski definition) is 6. The second-order valence-corrected chi connectivity index (χ2v) is 11.4. The van der Waals surface area contributed by atoms with Gasteiger partial charge in [0.15, 0.2) is 5.65 Å². The van der Waals surface area contributed by atoms with Crippen LogP contribution in [0.4, 0.5) is 14.9 Å². The van der Waals surface area contributed by atoms with Crippen molar-refractivity contribution in [3.05, 3.63) is 82.9 Å². The molecule has 0 spiro atoms. The fraction of sp³-hybridized carbons (Fsp3) is 0.375. The molecule has 2 amide bonds. The van der Waals surface area contributed by atoms with Crippen LogP contribution >= 0.6 is 0 Å². The second kappa shape index (κ2) is 10.4. The number of carbonyl (C=O) groups excluding carboxylic acids is 2. The minimum Gasteiger partial charge on any atom is -0.444 e. The summed E-state index contributed by atoms with van der Waals surface area (Å²) in [6.07, 6.45) is 2.85. The van der Waals surface area contributed by atoms with Gasteiger partial charge in [0.1, 0.15) is 17.6 Å². The topological polar surface area (TPSA) is 92.1 Å². The minimum atomic E-state index is -0.463. The summed E-state index contributed by atoms with van der Waals surface area (Å²) in [7, 11) is 1.53.